The third-order valence-electron chi connectivity index (χ3n) is 4.34. The minimum Gasteiger partial charge on any atom is -0.466 e. The molecule has 1 saturated heterocycles. The summed E-state index contributed by atoms with van der Waals surface area (Å²) in [5.74, 6) is 0.382. The zero-order valence-electron chi connectivity index (χ0n) is 16.5. The average Bonchev–Trinajstić information content (AvgIpc) is 2.69. The summed E-state index contributed by atoms with van der Waals surface area (Å²) in [6.07, 6.45) is 2.75. The number of esters is 1. The van der Waals surface area contributed by atoms with Crippen LogP contribution in [0.1, 0.15) is 26.2 Å². The zero-order valence-corrected chi connectivity index (χ0v) is 16.5. The van der Waals surface area contributed by atoms with Crippen molar-refractivity contribution in [3.05, 3.63) is 18.3 Å². The largest absolute Gasteiger partial charge is 0.466 e. The number of carbonyl (C=O) groups is 3. The van der Waals surface area contributed by atoms with E-state index in [0.717, 1.165) is 5.82 Å². The van der Waals surface area contributed by atoms with Gasteiger partial charge in [0, 0.05) is 46.1 Å². The van der Waals surface area contributed by atoms with E-state index in [1.807, 2.05) is 11.0 Å². The van der Waals surface area contributed by atoms with Gasteiger partial charge in [-0.15, -0.1) is 0 Å². The maximum atomic E-state index is 12.3. The summed E-state index contributed by atoms with van der Waals surface area (Å²) in [5, 5.41) is 2.70. The van der Waals surface area contributed by atoms with E-state index in [-0.39, 0.29) is 30.8 Å². The standard InChI is InChI=1S/C19H28N4O5/c1-3-28-19(26)6-4-5-18(25)23-11-9-22(10-12-23)16-8-7-15(13-20-16)21-17(24)14-27-2/h7-8,13H,3-6,9-12,14H2,1-2H3,(H,21,24). The first kappa shape index (κ1) is 21.6. The lowest BCUT2D eigenvalue weighted by Gasteiger charge is -2.35. The number of ether oxygens (including phenoxy) is 2. The number of anilines is 2. The first-order chi connectivity index (χ1) is 13.5. The van der Waals surface area contributed by atoms with Crippen LogP contribution in [0, 0.1) is 0 Å². The van der Waals surface area contributed by atoms with E-state index in [9.17, 15) is 14.4 Å². The van der Waals surface area contributed by atoms with Crippen LogP contribution in [-0.4, -0.2) is 74.2 Å². The number of piperazine rings is 1. The molecule has 28 heavy (non-hydrogen) atoms. The smallest absolute Gasteiger partial charge is 0.305 e. The highest BCUT2D eigenvalue weighted by Gasteiger charge is 2.21. The summed E-state index contributed by atoms with van der Waals surface area (Å²) in [5.41, 5.74) is 0.612. The summed E-state index contributed by atoms with van der Waals surface area (Å²) in [6, 6.07) is 3.64. The van der Waals surface area contributed by atoms with Gasteiger partial charge in [0.2, 0.25) is 11.8 Å². The number of hydrogen-bond donors (Lipinski definition) is 1. The Kier molecular flexibility index (Phi) is 8.67. The van der Waals surface area contributed by atoms with E-state index >= 15 is 0 Å². The third kappa shape index (κ3) is 6.80. The van der Waals surface area contributed by atoms with Crippen LogP contribution in [0.25, 0.3) is 0 Å². The zero-order chi connectivity index (χ0) is 20.4. The van der Waals surface area contributed by atoms with Crippen molar-refractivity contribution in [1.82, 2.24) is 9.88 Å². The lowest BCUT2D eigenvalue weighted by Crippen LogP contribution is -2.49. The molecule has 154 valence electrons. The SMILES string of the molecule is CCOC(=O)CCCC(=O)N1CCN(c2ccc(NC(=O)COC)cn2)CC1. The van der Waals surface area contributed by atoms with E-state index < -0.39 is 0 Å². The molecule has 0 radical (unpaired) electrons. The molecule has 0 aromatic carbocycles. The van der Waals surface area contributed by atoms with Crippen LogP contribution >= 0.6 is 0 Å². The van der Waals surface area contributed by atoms with E-state index in [0.29, 0.717) is 51.3 Å². The molecule has 1 fully saturated rings. The van der Waals surface area contributed by atoms with Crippen LogP contribution < -0.4 is 10.2 Å². The number of nitrogens with zero attached hydrogens (tertiary/aromatic N) is 3. The van der Waals surface area contributed by atoms with Crippen molar-refractivity contribution in [3.8, 4) is 0 Å². The fraction of sp³-hybridized carbons (Fsp3) is 0.579. The third-order valence-corrected chi connectivity index (χ3v) is 4.34. The number of pyridine rings is 1. The molecule has 1 aliphatic rings. The Morgan fingerprint density at radius 2 is 1.89 bits per heavy atom. The van der Waals surface area contributed by atoms with Crippen molar-refractivity contribution in [3.63, 3.8) is 0 Å². The van der Waals surface area contributed by atoms with Gasteiger partial charge >= 0.3 is 5.97 Å². The molecule has 0 aliphatic carbocycles. The van der Waals surface area contributed by atoms with Gasteiger partial charge in [-0.05, 0) is 25.5 Å². The van der Waals surface area contributed by atoms with E-state index in [1.165, 1.54) is 7.11 Å². The van der Waals surface area contributed by atoms with Crippen LogP contribution in [0.15, 0.2) is 18.3 Å². The van der Waals surface area contributed by atoms with Crippen molar-refractivity contribution >= 4 is 29.3 Å². The molecule has 0 spiro atoms. The molecule has 2 rings (SSSR count). The molecule has 0 unspecified atom stereocenters. The highest BCUT2D eigenvalue weighted by Crippen LogP contribution is 2.17. The molecule has 2 amide bonds. The van der Waals surface area contributed by atoms with Crippen LogP contribution in [0.2, 0.25) is 0 Å². The number of methoxy groups -OCH3 is 1. The van der Waals surface area contributed by atoms with Gasteiger partial charge in [-0.3, -0.25) is 14.4 Å². The lowest BCUT2D eigenvalue weighted by molar-refractivity contribution is -0.143. The Balaban J connectivity index is 1.74. The van der Waals surface area contributed by atoms with Gasteiger partial charge < -0.3 is 24.6 Å². The lowest BCUT2D eigenvalue weighted by atomic mass is 10.2. The van der Waals surface area contributed by atoms with E-state index in [1.54, 1.807) is 19.2 Å². The average molecular weight is 392 g/mol. The number of amides is 2. The quantitative estimate of drug-likeness (QED) is 0.627. The second-order valence-electron chi connectivity index (χ2n) is 6.41. The molecular weight excluding hydrogens is 364 g/mol. The maximum absolute atomic E-state index is 12.3. The van der Waals surface area contributed by atoms with Gasteiger partial charge in [-0.25, -0.2) is 4.98 Å². The maximum Gasteiger partial charge on any atom is 0.305 e. The van der Waals surface area contributed by atoms with Crippen LogP contribution in [0.5, 0.6) is 0 Å². The van der Waals surface area contributed by atoms with Crippen molar-refractivity contribution in [2.45, 2.75) is 26.2 Å². The number of hydrogen-bond acceptors (Lipinski definition) is 7. The number of nitrogens with one attached hydrogen (secondary N) is 1. The predicted molar refractivity (Wildman–Crippen MR) is 104 cm³/mol. The Labute approximate surface area is 165 Å². The van der Waals surface area contributed by atoms with Gasteiger partial charge in [0.25, 0.3) is 0 Å². The molecule has 0 atom stereocenters. The summed E-state index contributed by atoms with van der Waals surface area (Å²) in [6.45, 7) is 4.74. The van der Waals surface area contributed by atoms with Crippen LogP contribution in [0.3, 0.4) is 0 Å². The van der Waals surface area contributed by atoms with Crippen molar-refractivity contribution < 1.29 is 23.9 Å². The molecule has 1 N–H and O–H groups in total. The first-order valence-corrected chi connectivity index (χ1v) is 9.46. The number of aromatic nitrogens is 1. The molecule has 0 saturated carbocycles. The monoisotopic (exact) mass is 392 g/mol. The van der Waals surface area contributed by atoms with E-state index in [4.69, 9.17) is 9.47 Å². The summed E-state index contributed by atoms with van der Waals surface area (Å²) in [7, 11) is 1.46. The van der Waals surface area contributed by atoms with Crippen molar-refractivity contribution in [2.75, 3.05) is 56.7 Å². The fourth-order valence-electron chi connectivity index (χ4n) is 2.94. The first-order valence-electron chi connectivity index (χ1n) is 9.46. The van der Waals surface area contributed by atoms with Gasteiger partial charge in [-0.2, -0.15) is 0 Å². The fourth-order valence-corrected chi connectivity index (χ4v) is 2.94. The Hall–Kier alpha value is -2.68. The van der Waals surface area contributed by atoms with Crippen molar-refractivity contribution in [2.24, 2.45) is 0 Å². The van der Waals surface area contributed by atoms with Crippen LogP contribution in [0.4, 0.5) is 11.5 Å². The normalized spacial score (nSPS) is 13.9. The number of carbonyl (C=O) groups excluding carboxylic acids is 3. The molecule has 0 bridgehead atoms. The Morgan fingerprint density at radius 1 is 1.14 bits per heavy atom. The minimum absolute atomic E-state index is 0.00245. The van der Waals surface area contributed by atoms with Crippen LogP contribution in [-0.2, 0) is 23.9 Å². The number of rotatable bonds is 9. The van der Waals surface area contributed by atoms with Gasteiger partial charge in [-0.1, -0.05) is 0 Å². The summed E-state index contributed by atoms with van der Waals surface area (Å²) in [4.78, 5) is 43.4. The summed E-state index contributed by atoms with van der Waals surface area (Å²) < 4.78 is 9.64. The highest BCUT2D eigenvalue weighted by molar-refractivity contribution is 5.91. The molecule has 2 heterocycles. The Morgan fingerprint density at radius 3 is 2.50 bits per heavy atom. The predicted octanol–water partition coefficient (Wildman–Crippen LogP) is 1.05. The Bertz CT molecular complexity index is 657. The second-order valence-corrected chi connectivity index (χ2v) is 6.41. The minimum atomic E-state index is -0.256. The second kappa shape index (κ2) is 11.2. The molecule has 1 aromatic rings. The topological polar surface area (TPSA) is 101 Å². The molecule has 1 aromatic heterocycles. The van der Waals surface area contributed by atoms with E-state index in [2.05, 4.69) is 15.2 Å². The highest BCUT2D eigenvalue weighted by atomic mass is 16.5. The summed E-state index contributed by atoms with van der Waals surface area (Å²) >= 11 is 0. The molecule has 9 nitrogen and oxygen atoms in total. The van der Waals surface area contributed by atoms with Gasteiger partial charge in [0.05, 0.1) is 18.5 Å². The molecule has 9 heteroatoms. The molecule has 1 aliphatic heterocycles. The molecular formula is C19H28N4O5. The van der Waals surface area contributed by atoms with Crippen molar-refractivity contribution in [1.29, 1.82) is 0 Å². The van der Waals surface area contributed by atoms with Gasteiger partial charge in [0.1, 0.15) is 12.4 Å². The van der Waals surface area contributed by atoms with Gasteiger partial charge in [0.15, 0.2) is 0 Å².